The van der Waals surface area contributed by atoms with E-state index in [1.807, 2.05) is 0 Å². The highest BCUT2D eigenvalue weighted by atomic mass is 16.6. The van der Waals surface area contributed by atoms with Crippen LogP contribution in [0.15, 0.2) is 12.1 Å². The zero-order chi connectivity index (χ0) is 14.7. The number of benzene rings is 1. The van der Waals surface area contributed by atoms with Crippen LogP contribution in [-0.2, 0) is 4.79 Å². The van der Waals surface area contributed by atoms with Crippen molar-refractivity contribution in [2.75, 3.05) is 5.73 Å². The molecule has 5 N–H and O–H groups in total. The number of carbonyl (C=O) groups is 1. The van der Waals surface area contributed by atoms with E-state index in [1.165, 1.54) is 13.0 Å². The summed E-state index contributed by atoms with van der Waals surface area (Å²) < 4.78 is 0. The van der Waals surface area contributed by atoms with E-state index in [4.69, 9.17) is 10.8 Å². The lowest BCUT2D eigenvalue weighted by atomic mass is 9.98. The second-order valence-electron chi connectivity index (χ2n) is 4.14. The highest BCUT2D eigenvalue weighted by molar-refractivity contribution is 5.68. The van der Waals surface area contributed by atoms with E-state index < -0.39 is 35.2 Å². The summed E-state index contributed by atoms with van der Waals surface area (Å²) >= 11 is 0. The molecule has 19 heavy (non-hydrogen) atoms. The van der Waals surface area contributed by atoms with E-state index in [-0.39, 0.29) is 11.3 Å². The van der Waals surface area contributed by atoms with Crippen LogP contribution < -0.4 is 5.73 Å². The Morgan fingerprint density at radius 1 is 1.47 bits per heavy atom. The first-order valence-corrected chi connectivity index (χ1v) is 5.36. The number of aliphatic hydroxyl groups excluding tert-OH is 2. The van der Waals surface area contributed by atoms with Crippen LogP contribution in [-0.4, -0.2) is 32.3 Å². The number of carboxylic acid groups (broad SMARTS) is 1. The van der Waals surface area contributed by atoms with E-state index in [0.717, 1.165) is 6.07 Å². The molecule has 8 nitrogen and oxygen atoms in total. The van der Waals surface area contributed by atoms with Crippen LogP contribution in [0, 0.1) is 17.0 Å². The van der Waals surface area contributed by atoms with Gasteiger partial charge >= 0.3 is 5.97 Å². The monoisotopic (exact) mass is 270 g/mol. The third-order valence-corrected chi connectivity index (χ3v) is 2.67. The van der Waals surface area contributed by atoms with E-state index in [0.29, 0.717) is 5.56 Å². The molecule has 0 spiro atoms. The molecule has 1 aromatic carbocycles. The minimum atomic E-state index is -1.56. The van der Waals surface area contributed by atoms with E-state index in [9.17, 15) is 25.1 Å². The lowest BCUT2D eigenvalue weighted by Gasteiger charge is -2.17. The van der Waals surface area contributed by atoms with Crippen LogP contribution in [0.2, 0.25) is 0 Å². The maximum Gasteiger partial charge on any atom is 0.306 e. The lowest BCUT2D eigenvalue weighted by molar-refractivity contribution is -0.384. The van der Waals surface area contributed by atoms with Gasteiger partial charge in [-0.05, 0) is 18.1 Å². The third kappa shape index (κ3) is 3.39. The van der Waals surface area contributed by atoms with Crippen molar-refractivity contribution in [1.82, 2.24) is 0 Å². The van der Waals surface area contributed by atoms with Gasteiger partial charge in [-0.3, -0.25) is 14.9 Å². The smallest absolute Gasteiger partial charge is 0.306 e. The molecule has 0 aliphatic carbocycles. The number of nitrogens with two attached hydrogens (primary N) is 1. The first-order chi connectivity index (χ1) is 8.73. The Morgan fingerprint density at radius 3 is 2.53 bits per heavy atom. The quantitative estimate of drug-likeness (QED) is 0.343. The number of hydrogen-bond donors (Lipinski definition) is 4. The fourth-order valence-electron chi connectivity index (χ4n) is 1.64. The molecular weight excluding hydrogens is 256 g/mol. The molecule has 8 heteroatoms. The average Bonchev–Trinajstić information content (AvgIpc) is 2.30. The zero-order valence-electron chi connectivity index (χ0n) is 10.1. The molecule has 0 fully saturated rings. The number of nitro benzene ring substituents is 1. The van der Waals surface area contributed by atoms with Crippen LogP contribution in [0.5, 0.6) is 0 Å². The molecule has 0 amide bonds. The van der Waals surface area contributed by atoms with Crippen molar-refractivity contribution < 1.29 is 25.0 Å². The first-order valence-electron chi connectivity index (χ1n) is 5.36. The summed E-state index contributed by atoms with van der Waals surface area (Å²) in [4.78, 5) is 20.5. The minimum absolute atomic E-state index is 0.0336. The standard InChI is InChI=1S/C11H14N2O6/c1-5-2-6(3-7(10(5)12)13(18)19)11(17)8(14)4-9(15)16/h2-3,8,11,14,17H,4,12H2,1H3,(H,15,16). The molecule has 0 radical (unpaired) electrons. The van der Waals surface area contributed by atoms with Gasteiger partial charge in [0, 0.05) is 6.07 Å². The van der Waals surface area contributed by atoms with Gasteiger partial charge in [-0.2, -0.15) is 0 Å². The molecule has 0 aromatic heterocycles. The fraction of sp³-hybridized carbons (Fsp3) is 0.364. The average molecular weight is 270 g/mol. The normalized spacial score (nSPS) is 13.8. The molecule has 2 atom stereocenters. The summed E-state index contributed by atoms with van der Waals surface area (Å²) in [6, 6.07) is 2.40. The van der Waals surface area contributed by atoms with Crippen molar-refractivity contribution in [2.24, 2.45) is 0 Å². The molecule has 0 aliphatic rings. The van der Waals surface area contributed by atoms with Gasteiger partial charge in [0.2, 0.25) is 0 Å². The number of aryl methyl sites for hydroxylation is 1. The highest BCUT2D eigenvalue weighted by Gasteiger charge is 2.25. The lowest BCUT2D eigenvalue weighted by Crippen LogP contribution is -2.22. The number of carboxylic acids is 1. The minimum Gasteiger partial charge on any atom is -0.481 e. The topological polar surface area (TPSA) is 147 Å². The summed E-state index contributed by atoms with van der Waals surface area (Å²) in [5.41, 5.74) is 5.52. The first kappa shape index (κ1) is 14.9. The summed E-state index contributed by atoms with van der Waals surface area (Å²) in [6.07, 6.45) is -3.76. The Hall–Kier alpha value is -2.19. The summed E-state index contributed by atoms with van der Waals surface area (Å²) in [5.74, 6) is -1.28. The van der Waals surface area contributed by atoms with Gasteiger partial charge in [0.15, 0.2) is 0 Å². The predicted octanol–water partition coefficient (Wildman–Crippen LogP) is 0.354. The molecule has 1 aromatic rings. The molecule has 2 unspecified atom stereocenters. The van der Waals surface area contributed by atoms with Gasteiger partial charge in [0.05, 0.1) is 17.4 Å². The second kappa shape index (κ2) is 5.63. The Labute approximate surface area is 108 Å². The van der Waals surface area contributed by atoms with Crippen molar-refractivity contribution in [2.45, 2.75) is 25.6 Å². The Kier molecular flexibility index (Phi) is 4.41. The van der Waals surface area contributed by atoms with Gasteiger partial charge in [-0.15, -0.1) is 0 Å². The highest BCUT2D eigenvalue weighted by Crippen LogP contribution is 2.30. The summed E-state index contributed by atoms with van der Waals surface area (Å²) in [5, 5.41) is 38.6. The molecule has 0 saturated heterocycles. The number of hydrogen-bond acceptors (Lipinski definition) is 6. The Bertz CT molecular complexity index is 516. The van der Waals surface area contributed by atoms with E-state index in [2.05, 4.69) is 0 Å². The van der Waals surface area contributed by atoms with E-state index >= 15 is 0 Å². The van der Waals surface area contributed by atoms with Gasteiger partial charge in [-0.25, -0.2) is 0 Å². The predicted molar refractivity (Wildman–Crippen MR) is 65.5 cm³/mol. The van der Waals surface area contributed by atoms with Crippen molar-refractivity contribution in [1.29, 1.82) is 0 Å². The van der Waals surface area contributed by atoms with Gasteiger partial charge in [0.25, 0.3) is 5.69 Å². The second-order valence-corrected chi connectivity index (χ2v) is 4.14. The molecule has 0 bridgehead atoms. The van der Waals surface area contributed by atoms with Crippen LogP contribution in [0.1, 0.15) is 23.7 Å². The SMILES string of the molecule is Cc1cc(C(O)C(O)CC(=O)O)cc([N+](=O)[O-])c1N. The van der Waals surface area contributed by atoms with Crippen LogP contribution in [0.3, 0.4) is 0 Å². The molecular formula is C11H14N2O6. The van der Waals surface area contributed by atoms with Crippen molar-refractivity contribution in [3.8, 4) is 0 Å². The Balaban J connectivity index is 3.14. The van der Waals surface area contributed by atoms with Crippen LogP contribution in [0.25, 0.3) is 0 Å². The van der Waals surface area contributed by atoms with Gasteiger partial charge in [0.1, 0.15) is 11.8 Å². The number of anilines is 1. The number of nitro groups is 1. The number of nitrogen functional groups attached to an aromatic ring is 1. The van der Waals surface area contributed by atoms with Gasteiger partial charge in [-0.1, -0.05) is 6.07 Å². The summed E-state index contributed by atoms with van der Waals surface area (Å²) in [7, 11) is 0. The molecule has 0 heterocycles. The van der Waals surface area contributed by atoms with E-state index in [1.54, 1.807) is 0 Å². The fourth-order valence-corrected chi connectivity index (χ4v) is 1.64. The Morgan fingerprint density at radius 2 is 2.05 bits per heavy atom. The van der Waals surface area contributed by atoms with Crippen LogP contribution in [0.4, 0.5) is 11.4 Å². The molecule has 1 rings (SSSR count). The maximum absolute atomic E-state index is 10.8. The molecule has 0 saturated carbocycles. The number of aliphatic hydroxyl groups is 2. The van der Waals surface area contributed by atoms with Crippen molar-refractivity contribution in [3.63, 3.8) is 0 Å². The largest absolute Gasteiger partial charge is 0.481 e. The zero-order valence-corrected chi connectivity index (χ0v) is 10.1. The number of rotatable bonds is 5. The molecule has 104 valence electrons. The number of aliphatic carboxylic acids is 1. The molecule has 0 aliphatic heterocycles. The van der Waals surface area contributed by atoms with Gasteiger partial charge < -0.3 is 21.1 Å². The number of nitrogens with zero attached hydrogens (tertiary/aromatic N) is 1. The van der Waals surface area contributed by atoms with Crippen LogP contribution >= 0.6 is 0 Å². The summed E-state index contributed by atoms with van der Waals surface area (Å²) in [6.45, 7) is 1.52. The third-order valence-electron chi connectivity index (χ3n) is 2.67. The maximum atomic E-state index is 10.8. The van der Waals surface area contributed by atoms with Crippen molar-refractivity contribution in [3.05, 3.63) is 33.4 Å². The van der Waals surface area contributed by atoms with Crippen molar-refractivity contribution >= 4 is 17.3 Å².